The normalized spacial score (nSPS) is 11.6. The maximum atomic E-state index is 11.2. The second-order valence-corrected chi connectivity index (χ2v) is 8.19. The Balaban J connectivity index is 2.14. The minimum absolute atomic E-state index is 0.600. The summed E-state index contributed by atoms with van der Waals surface area (Å²) in [5, 5.41) is 14.0. The molecule has 0 bridgehead atoms. The van der Waals surface area contributed by atoms with Crippen LogP contribution < -0.4 is 4.90 Å². The number of hydrogen-bond acceptors (Lipinski definition) is 5. The molecule has 0 amide bonds. The van der Waals surface area contributed by atoms with Crippen molar-refractivity contribution in [2.75, 3.05) is 11.9 Å². The van der Waals surface area contributed by atoms with Gasteiger partial charge in [0, 0.05) is 19.0 Å². The molecule has 0 aliphatic heterocycles. The Morgan fingerprint density at radius 1 is 1.45 bits per heavy atom. The lowest BCUT2D eigenvalue weighted by molar-refractivity contribution is -0.142. The zero-order valence-corrected chi connectivity index (χ0v) is 14.6. The van der Waals surface area contributed by atoms with Crippen LogP contribution in [0.5, 0.6) is 0 Å². The number of carboxylic acid groups (broad SMARTS) is 1. The van der Waals surface area contributed by atoms with Gasteiger partial charge in [0.05, 0.1) is 9.48 Å². The Morgan fingerprint density at radius 2 is 2.15 bits per heavy atom. The number of rotatable bonds is 5. The van der Waals surface area contributed by atoms with Crippen molar-refractivity contribution in [3.05, 3.63) is 31.9 Å². The van der Waals surface area contributed by atoms with Gasteiger partial charge in [-0.15, -0.1) is 22.7 Å². The fraction of sp³-hybridized carbons (Fsp3) is 0.385. The van der Waals surface area contributed by atoms with Crippen molar-refractivity contribution in [3.8, 4) is 0 Å². The molecular formula is C13H15BrN2O2S2. The molecule has 7 heteroatoms. The second-order valence-electron chi connectivity index (χ2n) is 5.06. The van der Waals surface area contributed by atoms with E-state index < -0.39 is 11.4 Å². The number of carbonyl (C=O) groups is 1. The predicted molar refractivity (Wildman–Crippen MR) is 86.9 cm³/mol. The Bertz CT molecular complexity index is 621. The first kappa shape index (κ1) is 15.5. The highest BCUT2D eigenvalue weighted by molar-refractivity contribution is 9.11. The van der Waals surface area contributed by atoms with Crippen molar-refractivity contribution in [2.24, 2.45) is 0 Å². The third-order valence-corrected chi connectivity index (χ3v) is 5.54. The lowest BCUT2D eigenvalue weighted by Crippen LogP contribution is -2.29. The molecule has 0 spiro atoms. The van der Waals surface area contributed by atoms with E-state index >= 15 is 0 Å². The van der Waals surface area contributed by atoms with E-state index in [-0.39, 0.29) is 0 Å². The van der Waals surface area contributed by atoms with Gasteiger partial charge in [0.1, 0.15) is 5.41 Å². The molecule has 2 aromatic heterocycles. The van der Waals surface area contributed by atoms with Crippen molar-refractivity contribution in [3.63, 3.8) is 0 Å². The molecule has 2 aromatic rings. The molecule has 4 nitrogen and oxygen atoms in total. The smallest absolute Gasteiger partial charge is 0.315 e. The van der Waals surface area contributed by atoms with E-state index in [1.54, 1.807) is 25.2 Å². The zero-order chi connectivity index (χ0) is 14.9. The molecule has 20 heavy (non-hydrogen) atoms. The second kappa shape index (κ2) is 5.83. The molecule has 0 radical (unpaired) electrons. The van der Waals surface area contributed by atoms with Crippen LogP contribution in [-0.2, 0) is 16.8 Å². The van der Waals surface area contributed by atoms with Crippen LogP contribution in [0, 0.1) is 0 Å². The average molecular weight is 375 g/mol. The van der Waals surface area contributed by atoms with Gasteiger partial charge in [0.2, 0.25) is 0 Å². The van der Waals surface area contributed by atoms with E-state index in [0.29, 0.717) is 5.69 Å². The van der Waals surface area contributed by atoms with Crippen molar-refractivity contribution in [2.45, 2.75) is 25.8 Å². The van der Waals surface area contributed by atoms with Crippen LogP contribution in [-0.4, -0.2) is 23.1 Å². The third kappa shape index (κ3) is 3.21. The van der Waals surface area contributed by atoms with Crippen LogP contribution in [0.25, 0.3) is 0 Å². The molecule has 0 aliphatic carbocycles. The number of halogens is 1. The standard InChI is InChI=1S/C13H15BrN2O2S2/c1-13(2,11(17)18)9-7-20-12(15-9)16(3)5-8-4-10(14)19-6-8/h4,6-7H,5H2,1-3H3,(H,17,18). The summed E-state index contributed by atoms with van der Waals surface area (Å²) in [5.74, 6) is -0.862. The average Bonchev–Trinajstić information content (AvgIpc) is 2.98. The van der Waals surface area contributed by atoms with Crippen molar-refractivity contribution in [1.29, 1.82) is 0 Å². The number of nitrogens with zero attached hydrogens (tertiary/aromatic N) is 2. The van der Waals surface area contributed by atoms with E-state index in [1.165, 1.54) is 16.9 Å². The Kier molecular flexibility index (Phi) is 4.51. The minimum atomic E-state index is -0.957. The van der Waals surface area contributed by atoms with Gasteiger partial charge < -0.3 is 10.0 Å². The minimum Gasteiger partial charge on any atom is -0.481 e. The van der Waals surface area contributed by atoms with Gasteiger partial charge in [-0.05, 0) is 46.8 Å². The monoisotopic (exact) mass is 374 g/mol. The molecular weight excluding hydrogens is 360 g/mol. The largest absolute Gasteiger partial charge is 0.481 e. The molecule has 0 atom stereocenters. The van der Waals surface area contributed by atoms with Crippen LogP contribution in [0.15, 0.2) is 20.6 Å². The molecule has 108 valence electrons. The topological polar surface area (TPSA) is 53.4 Å². The molecule has 2 heterocycles. The van der Waals surface area contributed by atoms with E-state index in [1.807, 2.05) is 17.3 Å². The first-order valence-electron chi connectivity index (χ1n) is 5.94. The number of anilines is 1. The maximum absolute atomic E-state index is 11.2. The molecule has 1 N–H and O–H groups in total. The first-order valence-corrected chi connectivity index (χ1v) is 8.49. The first-order chi connectivity index (χ1) is 9.30. The van der Waals surface area contributed by atoms with Crippen molar-refractivity contribution in [1.82, 2.24) is 4.98 Å². The fourth-order valence-corrected chi connectivity index (χ4v) is 3.77. The van der Waals surface area contributed by atoms with E-state index in [9.17, 15) is 9.90 Å². The van der Waals surface area contributed by atoms with Crippen LogP contribution in [0.1, 0.15) is 25.1 Å². The lowest BCUT2D eigenvalue weighted by Gasteiger charge is -2.17. The van der Waals surface area contributed by atoms with Gasteiger partial charge in [0.15, 0.2) is 5.13 Å². The van der Waals surface area contributed by atoms with Crippen molar-refractivity contribution >= 4 is 49.7 Å². The molecule has 0 unspecified atom stereocenters. The van der Waals surface area contributed by atoms with Crippen LogP contribution in [0.2, 0.25) is 0 Å². The summed E-state index contributed by atoms with van der Waals surface area (Å²) in [6.45, 7) is 4.09. The van der Waals surface area contributed by atoms with Gasteiger partial charge in [-0.1, -0.05) is 0 Å². The van der Waals surface area contributed by atoms with Gasteiger partial charge in [0.25, 0.3) is 0 Å². The molecule has 0 aliphatic rings. The summed E-state index contributed by atoms with van der Waals surface area (Å²) in [7, 11) is 1.96. The lowest BCUT2D eigenvalue weighted by atomic mass is 9.90. The quantitative estimate of drug-likeness (QED) is 0.859. The number of thiophene rings is 1. The number of hydrogen-bond donors (Lipinski definition) is 1. The number of aromatic nitrogens is 1. The Labute approximate surface area is 134 Å². The van der Waals surface area contributed by atoms with Gasteiger partial charge >= 0.3 is 5.97 Å². The van der Waals surface area contributed by atoms with Crippen LogP contribution in [0.4, 0.5) is 5.13 Å². The highest BCUT2D eigenvalue weighted by Crippen LogP contribution is 2.30. The fourth-order valence-electron chi connectivity index (χ4n) is 1.61. The summed E-state index contributed by atoms with van der Waals surface area (Å²) in [6.07, 6.45) is 0. The molecule has 0 fully saturated rings. The molecule has 2 rings (SSSR count). The van der Waals surface area contributed by atoms with Crippen molar-refractivity contribution < 1.29 is 9.90 Å². The summed E-state index contributed by atoms with van der Waals surface area (Å²) in [6, 6.07) is 2.08. The highest BCUT2D eigenvalue weighted by atomic mass is 79.9. The molecule has 0 aromatic carbocycles. The predicted octanol–water partition coefficient (Wildman–Crippen LogP) is 3.97. The van der Waals surface area contributed by atoms with Gasteiger partial charge in [-0.2, -0.15) is 0 Å². The van der Waals surface area contributed by atoms with Crippen LogP contribution in [0.3, 0.4) is 0 Å². The Morgan fingerprint density at radius 3 is 2.70 bits per heavy atom. The summed E-state index contributed by atoms with van der Waals surface area (Å²) < 4.78 is 1.10. The highest BCUT2D eigenvalue weighted by Gasteiger charge is 2.32. The summed E-state index contributed by atoms with van der Waals surface area (Å²) in [4.78, 5) is 17.7. The van der Waals surface area contributed by atoms with E-state index in [4.69, 9.17) is 0 Å². The maximum Gasteiger partial charge on any atom is 0.315 e. The van der Waals surface area contributed by atoms with Gasteiger partial charge in [-0.25, -0.2) is 4.98 Å². The SMILES string of the molecule is CN(Cc1csc(Br)c1)c1nc(C(C)(C)C(=O)O)cs1. The number of aliphatic carboxylic acids is 1. The molecule has 0 saturated heterocycles. The molecule has 0 saturated carbocycles. The zero-order valence-electron chi connectivity index (χ0n) is 11.4. The van der Waals surface area contributed by atoms with Crippen LogP contribution >= 0.6 is 38.6 Å². The summed E-state index contributed by atoms with van der Waals surface area (Å²) in [5.41, 5.74) is 0.850. The Hall–Kier alpha value is -0.920. The number of carboxylic acids is 1. The van der Waals surface area contributed by atoms with E-state index in [0.717, 1.165) is 15.5 Å². The summed E-state index contributed by atoms with van der Waals surface area (Å²) >= 11 is 6.57. The number of thiazole rings is 1. The van der Waals surface area contributed by atoms with E-state index in [2.05, 4.69) is 32.4 Å². The third-order valence-electron chi connectivity index (χ3n) is 3.04. The van der Waals surface area contributed by atoms with Gasteiger partial charge in [-0.3, -0.25) is 4.79 Å².